The average Bonchev–Trinajstić information content (AvgIpc) is 3.00. The molecule has 0 saturated heterocycles. The van der Waals surface area contributed by atoms with Crippen LogP contribution in [0.5, 0.6) is 0 Å². The van der Waals surface area contributed by atoms with Crippen molar-refractivity contribution in [1.29, 1.82) is 0 Å². The van der Waals surface area contributed by atoms with Crippen LogP contribution in [0.25, 0.3) is 34.4 Å². The topological polar surface area (TPSA) is 18.5 Å². The van der Waals surface area contributed by atoms with E-state index in [0.29, 0.717) is 13.2 Å². The molecule has 2 aromatic rings. The fourth-order valence-electron chi connectivity index (χ4n) is 3.20. The molecule has 20 heavy (non-hydrogen) atoms. The molecular weight excluding hydrogens is 248 g/mol. The van der Waals surface area contributed by atoms with Crippen molar-refractivity contribution < 1.29 is 9.47 Å². The van der Waals surface area contributed by atoms with Crippen LogP contribution in [0.15, 0.2) is 24.3 Å². The monoisotopic (exact) mass is 264 g/mol. The predicted molar refractivity (Wildman–Crippen MR) is 82.9 cm³/mol. The molecular formula is C18H16O2. The molecule has 4 rings (SSSR count). The molecule has 2 nitrogen and oxygen atoms in total. The van der Waals surface area contributed by atoms with Crippen molar-refractivity contribution in [2.75, 3.05) is 13.2 Å². The average molecular weight is 264 g/mol. The van der Waals surface area contributed by atoms with Gasteiger partial charge in [-0.05, 0) is 42.5 Å². The summed E-state index contributed by atoms with van der Waals surface area (Å²) >= 11 is 0. The highest BCUT2D eigenvalue weighted by molar-refractivity contribution is 6.17. The number of hydrogen-bond donors (Lipinski definition) is 0. The minimum absolute atomic E-state index is 0.647. The summed E-state index contributed by atoms with van der Waals surface area (Å²) in [5.41, 5.74) is 4.90. The normalized spacial score (nSPS) is 14.5. The highest BCUT2D eigenvalue weighted by Crippen LogP contribution is 2.46. The molecule has 0 heterocycles. The van der Waals surface area contributed by atoms with Gasteiger partial charge in [0, 0.05) is 16.5 Å². The van der Waals surface area contributed by atoms with Gasteiger partial charge in [0.25, 0.3) is 0 Å². The summed E-state index contributed by atoms with van der Waals surface area (Å²) in [5.74, 6) is 1.78. The molecule has 0 atom stereocenters. The van der Waals surface area contributed by atoms with E-state index < -0.39 is 0 Å². The SMILES string of the molecule is CCOC1=C(OCC)c2ccc3c4c(ccc1c24)C=C3. The van der Waals surface area contributed by atoms with Crippen molar-refractivity contribution in [2.24, 2.45) is 0 Å². The molecule has 0 saturated carbocycles. The molecule has 2 heteroatoms. The Morgan fingerprint density at radius 1 is 0.700 bits per heavy atom. The molecule has 0 aromatic heterocycles. The lowest BCUT2D eigenvalue weighted by molar-refractivity contribution is 0.263. The molecule has 0 amide bonds. The van der Waals surface area contributed by atoms with Gasteiger partial charge in [0.1, 0.15) is 0 Å². The van der Waals surface area contributed by atoms with E-state index in [1.54, 1.807) is 0 Å². The molecule has 0 fully saturated rings. The number of ether oxygens (including phenoxy) is 2. The van der Waals surface area contributed by atoms with Crippen molar-refractivity contribution in [3.63, 3.8) is 0 Å². The first-order valence-corrected chi connectivity index (χ1v) is 7.13. The standard InChI is InChI=1S/C18H16O2/c1-3-19-17-13-9-7-11-5-6-12-8-10-14(16(13)15(11)12)18(17)20-4-2/h5-10H,3-4H2,1-2H3. The van der Waals surface area contributed by atoms with Crippen LogP contribution in [0.4, 0.5) is 0 Å². The Hall–Kier alpha value is -2.22. The van der Waals surface area contributed by atoms with Gasteiger partial charge in [-0.15, -0.1) is 0 Å². The molecule has 0 spiro atoms. The second-order valence-corrected chi connectivity index (χ2v) is 5.01. The molecule has 100 valence electrons. The van der Waals surface area contributed by atoms with Gasteiger partial charge in [-0.3, -0.25) is 0 Å². The Labute approximate surface area is 118 Å². The summed E-state index contributed by atoms with van der Waals surface area (Å²) in [4.78, 5) is 0. The van der Waals surface area contributed by atoms with Gasteiger partial charge in [0.2, 0.25) is 0 Å². The van der Waals surface area contributed by atoms with Crippen molar-refractivity contribution in [3.8, 4) is 0 Å². The van der Waals surface area contributed by atoms with Crippen molar-refractivity contribution >= 4 is 34.4 Å². The first-order chi connectivity index (χ1) is 9.85. The number of rotatable bonds is 4. The summed E-state index contributed by atoms with van der Waals surface area (Å²) in [5, 5.41) is 2.60. The van der Waals surface area contributed by atoms with Crippen LogP contribution in [0.3, 0.4) is 0 Å². The lowest BCUT2D eigenvalue weighted by Gasteiger charge is -2.10. The zero-order chi connectivity index (χ0) is 13.7. The van der Waals surface area contributed by atoms with E-state index in [9.17, 15) is 0 Å². The van der Waals surface area contributed by atoms with Crippen molar-refractivity contribution in [3.05, 3.63) is 46.5 Å². The zero-order valence-corrected chi connectivity index (χ0v) is 11.7. The maximum Gasteiger partial charge on any atom is 0.169 e. The lowest BCUT2D eigenvalue weighted by Crippen LogP contribution is -1.95. The van der Waals surface area contributed by atoms with Gasteiger partial charge in [0.15, 0.2) is 11.5 Å². The van der Waals surface area contributed by atoms with Gasteiger partial charge >= 0.3 is 0 Å². The number of hydrogen-bond acceptors (Lipinski definition) is 2. The molecule has 0 bridgehead atoms. The highest BCUT2D eigenvalue weighted by Gasteiger charge is 2.29. The minimum Gasteiger partial charge on any atom is -0.489 e. The zero-order valence-electron chi connectivity index (χ0n) is 11.7. The first-order valence-electron chi connectivity index (χ1n) is 7.13. The van der Waals surface area contributed by atoms with Crippen LogP contribution in [0.2, 0.25) is 0 Å². The predicted octanol–water partition coefficient (Wildman–Crippen LogP) is 4.54. The van der Waals surface area contributed by atoms with Crippen LogP contribution in [-0.4, -0.2) is 13.2 Å². The van der Waals surface area contributed by atoms with Gasteiger partial charge in [-0.1, -0.05) is 24.3 Å². The number of benzene rings is 2. The highest BCUT2D eigenvalue weighted by atomic mass is 16.5. The van der Waals surface area contributed by atoms with Gasteiger partial charge in [0.05, 0.1) is 13.2 Å². The van der Waals surface area contributed by atoms with Crippen molar-refractivity contribution in [2.45, 2.75) is 13.8 Å². The van der Waals surface area contributed by atoms with Gasteiger partial charge in [-0.2, -0.15) is 0 Å². The van der Waals surface area contributed by atoms with Crippen LogP contribution in [-0.2, 0) is 9.47 Å². The molecule has 2 aliphatic rings. The summed E-state index contributed by atoms with van der Waals surface area (Å²) in [7, 11) is 0. The third-order valence-electron chi connectivity index (χ3n) is 3.94. The largest absolute Gasteiger partial charge is 0.489 e. The van der Waals surface area contributed by atoms with E-state index in [2.05, 4.69) is 36.4 Å². The second-order valence-electron chi connectivity index (χ2n) is 5.01. The Morgan fingerprint density at radius 2 is 1.20 bits per heavy atom. The fraction of sp³-hybridized carbons (Fsp3) is 0.222. The van der Waals surface area contributed by atoms with Gasteiger partial charge in [-0.25, -0.2) is 0 Å². The quantitative estimate of drug-likeness (QED) is 0.689. The van der Waals surface area contributed by atoms with E-state index in [0.717, 1.165) is 22.6 Å². The maximum absolute atomic E-state index is 5.88. The lowest BCUT2D eigenvalue weighted by atomic mass is 9.98. The van der Waals surface area contributed by atoms with Crippen LogP contribution >= 0.6 is 0 Å². The summed E-state index contributed by atoms with van der Waals surface area (Å²) in [6.45, 7) is 5.31. The first kappa shape index (κ1) is 11.6. The summed E-state index contributed by atoms with van der Waals surface area (Å²) in [6.07, 6.45) is 4.36. The van der Waals surface area contributed by atoms with E-state index in [1.165, 1.54) is 21.9 Å². The smallest absolute Gasteiger partial charge is 0.169 e. The van der Waals surface area contributed by atoms with E-state index in [-0.39, 0.29) is 0 Å². The summed E-state index contributed by atoms with van der Waals surface area (Å²) in [6, 6.07) is 8.64. The summed E-state index contributed by atoms with van der Waals surface area (Å²) < 4.78 is 11.8. The van der Waals surface area contributed by atoms with E-state index >= 15 is 0 Å². The maximum atomic E-state index is 5.88. The molecule has 0 N–H and O–H groups in total. The Bertz CT molecular complexity index is 721. The Kier molecular flexibility index (Phi) is 2.40. The van der Waals surface area contributed by atoms with E-state index in [4.69, 9.17) is 9.47 Å². The molecule has 0 radical (unpaired) electrons. The Morgan fingerprint density at radius 3 is 1.65 bits per heavy atom. The molecule has 0 aliphatic heterocycles. The van der Waals surface area contributed by atoms with Crippen LogP contribution < -0.4 is 0 Å². The van der Waals surface area contributed by atoms with E-state index in [1.807, 2.05) is 13.8 Å². The Balaban J connectivity index is 2.06. The second kappa shape index (κ2) is 4.14. The minimum atomic E-state index is 0.647. The van der Waals surface area contributed by atoms with Crippen LogP contribution in [0, 0.1) is 0 Å². The van der Waals surface area contributed by atoms with Crippen LogP contribution in [0.1, 0.15) is 36.1 Å². The third-order valence-corrected chi connectivity index (χ3v) is 3.94. The van der Waals surface area contributed by atoms with Crippen molar-refractivity contribution in [1.82, 2.24) is 0 Å². The third kappa shape index (κ3) is 1.34. The molecule has 2 aliphatic carbocycles. The molecule has 2 aromatic carbocycles. The van der Waals surface area contributed by atoms with Gasteiger partial charge < -0.3 is 9.47 Å². The molecule has 0 unspecified atom stereocenters. The fourth-order valence-corrected chi connectivity index (χ4v) is 3.20.